The van der Waals surface area contributed by atoms with E-state index in [0.717, 1.165) is 11.1 Å². The molecule has 0 radical (unpaired) electrons. The maximum Gasteiger partial charge on any atom is 0.134 e. The largest absolute Gasteiger partial charge is 0.506 e. The zero-order valence-electron chi connectivity index (χ0n) is 6.27. The third kappa shape index (κ3) is 1.16. The second kappa shape index (κ2) is 2.70. The van der Waals surface area contributed by atoms with Crippen LogP contribution < -0.4 is 0 Å². The van der Waals surface area contributed by atoms with E-state index in [-0.39, 0.29) is 5.75 Å². The molecule has 12 heavy (non-hydrogen) atoms. The first kappa shape index (κ1) is 6.91. The van der Waals surface area contributed by atoms with Crippen molar-refractivity contribution in [1.29, 1.82) is 0 Å². The molecule has 0 aliphatic rings. The van der Waals surface area contributed by atoms with Crippen molar-refractivity contribution >= 4 is 0 Å². The molecule has 2 aromatic rings. The average molecular weight is 161 g/mol. The van der Waals surface area contributed by atoms with Gasteiger partial charge in [-0.2, -0.15) is 0 Å². The van der Waals surface area contributed by atoms with E-state index in [9.17, 15) is 0 Å². The minimum Gasteiger partial charge on any atom is -0.506 e. The molecule has 0 aliphatic carbocycles. The van der Waals surface area contributed by atoms with Crippen molar-refractivity contribution < 1.29 is 9.52 Å². The number of aromatic hydroxyl groups is 1. The van der Waals surface area contributed by atoms with E-state index in [4.69, 9.17) is 9.52 Å². The summed E-state index contributed by atoms with van der Waals surface area (Å²) in [7, 11) is 0. The van der Waals surface area contributed by atoms with Crippen molar-refractivity contribution in [1.82, 2.24) is 4.98 Å². The molecule has 0 saturated heterocycles. The van der Waals surface area contributed by atoms with E-state index in [1.807, 2.05) is 6.07 Å². The van der Waals surface area contributed by atoms with Crippen LogP contribution in [0.5, 0.6) is 5.75 Å². The zero-order chi connectivity index (χ0) is 8.39. The van der Waals surface area contributed by atoms with Crippen LogP contribution in [-0.2, 0) is 0 Å². The smallest absolute Gasteiger partial charge is 0.134 e. The van der Waals surface area contributed by atoms with Crippen LogP contribution in [0.4, 0.5) is 0 Å². The van der Waals surface area contributed by atoms with E-state index in [1.54, 1.807) is 24.8 Å². The number of hydrogen-bond donors (Lipinski definition) is 1. The predicted octanol–water partition coefficient (Wildman–Crippen LogP) is 2.05. The van der Waals surface area contributed by atoms with Gasteiger partial charge in [0.1, 0.15) is 5.75 Å². The first-order chi connectivity index (χ1) is 5.86. The fourth-order valence-corrected chi connectivity index (χ4v) is 1.01. The maximum absolute atomic E-state index is 9.12. The highest BCUT2D eigenvalue weighted by Crippen LogP contribution is 2.21. The molecular formula is C9H7NO2. The fourth-order valence-electron chi connectivity index (χ4n) is 1.01. The Bertz CT molecular complexity index is 368. The lowest BCUT2D eigenvalue weighted by Gasteiger charge is -1.95. The third-order valence-electron chi connectivity index (χ3n) is 1.58. The van der Waals surface area contributed by atoms with Gasteiger partial charge in [0, 0.05) is 17.3 Å². The summed E-state index contributed by atoms with van der Waals surface area (Å²) in [5.74, 6) is 0.161. The minimum atomic E-state index is 0.161. The lowest BCUT2D eigenvalue weighted by atomic mass is 10.1. The highest BCUT2D eigenvalue weighted by molar-refractivity contribution is 5.62. The summed E-state index contributed by atoms with van der Waals surface area (Å²) < 4.78 is 4.90. The van der Waals surface area contributed by atoms with Gasteiger partial charge in [0.15, 0.2) is 0 Å². The molecule has 60 valence electrons. The molecule has 0 bridgehead atoms. The number of nitrogens with zero attached hydrogens (tertiary/aromatic N) is 1. The quantitative estimate of drug-likeness (QED) is 0.696. The molecule has 0 saturated carbocycles. The molecule has 0 spiro atoms. The van der Waals surface area contributed by atoms with Crippen LogP contribution in [0.3, 0.4) is 0 Å². The van der Waals surface area contributed by atoms with Gasteiger partial charge in [-0.15, -0.1) is 0 Å². The molecule has 0 fully saturated rings. The van der Waals surface area contributed by atoms with E-state index >= 15 is 0 Å². The zero-order valence-corrected chi connectivity index (χ0v) is 6.27. The van der Waals surface area contributed by atoms with Crippen molar-refractivity contribution in [2.75, 3.05) is 0 Å². The molecule has 0 aromatic carbocycles. The lowest BCUT2D eigenvalue weighted by Crippen LogP contribution is -1.75. The fraction of sp³-hybridized carbons (Fsp3) is 0. The Morgan fingerprint density at radius 1 is 1.25 bits per heavy atom. The molecular weight excluding hydrogens is 154 g/mol. The van der Waals surface area contributed by atoms with Crippen molar-refractivity contribution in [2.45, 2.75) is 0 Å². The number of pyridine rings is 1. The van der Waals surface area contributed by atoms with Crippen LogP contribution in [0.2, 0.25) is 0 Å². The molecule has 2 aromatic heterocycles. The van der Waals surface area contributed by atoms with Crippen LogP contribution in [0.25, 0.3) is 11.1 Å². The molecule has 0 atom stereocenters. The molecule has 2 rings (SSSR count). The Balaban J connectivity index is 2.48. The topological polar surface area (TPSA) is 46.3 Å². The monoisotopic (exact) mass is 161 g/mol. The van der Waals surface area contributed by atoms with Gasteiger partial charge in [-0.1, -0.05) is 0 Å². The molecule has 3 nitrogen and oxygen atoms in total. The molecule has 0 aliphatic heterocycles. The first-order valence-corrected chi connectivity index (χ1v) is 3.53. The standard InChI is InChI=1S/C9H7NO2/c11-9-3-8(4-10-5-9)7-1-2-12-6-7/h1-6,11H. The van der Waals surface area contributed by atoms with Crippen LogP contribution >= 0.6 is 0 Å². The number of rotatable bonds is 1. The number of furan rings is 1. The highest BCUT2D eigenvalue weighted by Gasteiger charge is 1.99. The van der Waals surface area contributed by atoms with E-state index < -0.39 is 0 Å². The van der Waals surface area contributed by atoms with Crippen molar-refractivity contribution in [3.63, 3.8) is 0 Å². The van der Waals surface area contributed by atoms with Crippen molar-refractivity contribution in [3.8, 4) is 16.9 Å². The number of hydrogen-bond acceptors (Lipinski definition) is 3. The number of aromatic nitrogens is 1. The second-order valence-corrected chi connectivity index (χ2v) is 2.44. The average Bonchev–Trinajstić information content (AvgIpc) is 2.56. The summed E-state index contributed by atoms with van der Waals surface area (Å²) in [5.41, 5.74) is 1.77. The lowest BCUT2D eigenvalue weighted by molar-refractivity contribution is 0.473. The first-order valence-electron chi connectivity index (χ1n) is 3.53. The normalized spacial score (nSPS) is 10.0. The SMILES string of the molecule is Oc1cncc(-c2ccoc2)c1. The summed E-state index contributed by atoms with van der Waals surface area (Å²) in [6, 6.07) is 3.45. The van der Waals surface area contributed by atoms with E-state index in [2.05, 4.69) is 4.98 Å². The summed E-state index contributed by atoms with van der Waals surface area (Å²) >= 11 is 0. The molecule has 0 unspecified atom stereocenters. The van der Waals surface area contributed by atoms with Gasteiger partial charge in [-0.05, 0) is 12.1 Å². The van der Waals surface area contributed by atoms with E-state index in [0.29, 0.717) is 0 Å². The van der Waals surface area contributed by atoms with Crippen LogP contribution in [0.1, 0.15) is 0 Å². The summed E-state index contributed by atoms with van der Waals surface area (Å²) in [4.78, 5) is 3.85. The van der Waals surface area contributed by atoms with Crippen LogP contribution in [0, 0.1) is 0 Å². The van der Waals surface area contributed by atoms with Gasteiger partial charge >= 0.3 is 0 Å². The molecule has 1 N–H and O–H groups in total. The summed E-state index contributed by atoms with van der Waals surface area (Å²) in [6.45, 7) is 0. The maximum atomic E-state index is 9.12. The third-order valence-corrected chi connectivity index (χ3v) is 1.58. The molecule has 3 heteroatoms. The Hall–Kier alpha value is -1.77. The van der Waals surface area contributed by atoms with Crippen molar-refractivity contribution in [2.24, 2.45) is 0 Å². The summed E-state index contributed by atoms with van der Waals surface area (Å²) in [5, 5.41) is 9.12. The highest BCUT2D eigenvalue weighted by atomic mass is 16.3. The Kier molecular flexibility index (Phi) is 1.55. The van der Waals surface area contributed by atoms with Gasteiger partial charge in [0.25, 0.3) is 0 Å². The van der Waals surface area contributed by atoms with Gasteiger partial charge in [0.2, 0.25) is 0 Å². The minimum absolute atomic E-state index is 0.161. The summed E-state index contributed by atoms with van der Waals surface area (Å²) in [6.07, 6.45) is 6.25. The van der Waals surface area contributed by atoms with Gasteiger partial charge in [-0.25, -0.2) is 0 Å². The second-order valence-electron chi connectivity index (χ2n) is 2.44. The van der Waals surface area contributed by atoms with Gasteiger partial charge < -0.3 is 9.52 Å². The molecule has 2 heterocycles. The Morgan fingerprint density at radius 2 is 2.17 bits per heavy atom. The van der Waals surface area contributed by atoms with Crippen LogP contribution in [-0.4, -0.2) is 10.1 Å². The van der Waals surface area contributed by atoms with Crippen LogP contribution in [0.15, 0.2) is 41.5 Å². The molecule has 0 amide bonds. The van der Waals surface area contributed by atoms with Gasteiger partial charge in [0.05, 0.1) is 18.7 Å². The Morgan fingerprint density at radius 3 is 2.83 bits per heavy atom. The predicted molar refractivity (Wildman–Crippen MR) is 43.6 cm³/mol. The Labute approximate surface area is 69.3 Å². The van der Waals surface area contributed by atoms with Crippen molar-refractivity contribution in [3.05, 3.63) is 37.1 Å². The van der Waals surface area contributed by atoms with Gasteiger partial charge in [-0.3, -0.25) is 4.98 Å². The van der Waals surface area contributed by atoms with E-state index in [1.165, 1.54) is 6.20 Å².